The molecular weight excluding hydrogens is 445 g/mol. The fourth-order valence-electron chi connectivity index (χ4n) is 3.86. The highest BCUT2D eigenvalue weighted by Crippen LogP contribution is 2.27. The molecule has 0 spiro atoms. The summed E-state index contributed by atoms with van der Waals surface area (Å²) in [5.74, 6) is 0.106. The lowest BCUT2D eigenvalue weighted by Crippen LogP contribution is -2.22. The second-order valence-corrected chi connectivity index (χ2v) is 9.41. The van der Waals surface area contributed by atoms with Crippen LogP contribution in [0.3, 0.4) is 0 Å². The molecule has 1 heterocycles. The van der Waals surface area contributed by atoms with E-state index in [0.717, 1.165) is 37.8 Å². The summed E-state index contributed by atoms with van der Waals surface area (Å²) in [5.41, 5.74) is 2.91. The van der Waals surface area contributed by atoms with Crippen LogP contribution in [-0.2, 0) is 27.6 Å². The molecule has 7 nitrogen and oxygen atoms in total. The highest BCUT2D eigenvalue weighted by molar-refractivity contribution is 7.89. The molecule has 1 aromatic heterocycles. The van der Waals surface area contributed by atoms with E-state index < -0.39 is 20.7 Å². The summed E-state index contributed by atoms with van der Waals surface area (Å²) in [5, 5.41) is 3.57. The van der Waals surface area contributed by atoms with Gasteiger partial charge in [-0.2, -0.15) is 0 Å². The van der Waals surface area contributed by atoms with Gasteiger partial charge in [0, 0.05) is 37.2 Å². The number of ether oxygens (including phenoxy) is 1. The number of hydrogen-bond donors (Lipinski definition) is 2. The number of carbonyl (C=O) groups is 1. The number of carbonyl (C=O) groups excluding carboxylic acids is 1. The van der Waals surface area contributed by atoms with Crippen molar-refractivity contribution < 1.29 is 22.3 Å². The van der Waals surface area contributed by atoms with Crippen molar-refractivity contribution in [1.82, 2.24) is 9.71 Å². The zero-order valence-electron chi connectivity index (χ0n) is 18.9. The molecular formula is C24H28FN3O4S. The smallest absolute Gasteiger partial charge is 0.243 e. The van der Waals surface area contributed by atoms with E-state index >= 15 is 0 Å². The first kappa shape index (κ1) is 24.8. The Bertz CT molecular complexity index is 1250. The topological polar surface area (TPSA) is 97.4 Å². The molecule has 1 unspecified atom stereocenters. The summed E-state index contributed by atoms with van der Waals surface area (Å²) >= 11 is 0. The number of nitrogens with zero attached hydrogens (tertiary/aromatic N) is 1. The number of anilines is 1. The van der Waals surface area contributed by atoms with E-state index in [1.54, 1.807) is 18.2 Å². The Morgan fingerprint density at radius 1 is 1.18 bits per heavy atom. The standard InChI is InChI=1S/C12H10FNO3S.C12H18N2O/c1-14-18(16,17)11-6-8(7-15)9-4-2-3-5-10(9)12(11)13;1-3-15-11-5-4-9-7-12(13-2)14-8-10(9)6-11/h2-7,14H,1H3;7-8,11H,3-6H2,1-2H3,(H,13,14). The number of aryl methyl sites for hydroxylation is 1. The van der Waals surface area contributed by atoms with Crippen LogP contribution < -0.4 is 10.0 Å². The average molecular weight is 474 g/mol. The maximum absolute atomic E-state index is 14.1. The molecule has 0 bridgehead atoms. The van der Waals surface area contributed by atoms with Crippen molar-refractivity contribution in [3.05, 3.63) is 65.1 Å². The number of halogens is 1. The molecule has 0 saturated heterocycles. The largest absolute Gasteiger partial charge is 0.378 e. The van der Waals surface area contributed by atoms with Crippen LogP contribution in [0.5, 0.6) is 0 Å². The van der Waals surface area contributed by atoms with Crippen LogP contribution in [0.4, 0.5) is 10.2 Å². The highest BCUT2D eigenvalue weighted by Gasteiger charge is 2.21. The Hall–Kier alpha value is -2.88. The molecule has 1 aliphatic rings. The lowest BCUT2D eigenvalue weighted by Gasteiger charge is -2.24. The van der Waals surface area contributed by atoms with Gasteiger partial charge in [-0.15, -0.1) is 0 Å². The van der Waals surface area contributed by atoms with Crippen LogP contribution in [0.2, 0.25) is 0 Å². The van der Waals surface area contributed by atoms with Gasteiger partial charge < -0.3 is 10.1 Å². The predicted molar refractivity (Wildman–Crippen MR) is 127 cm³/mol. The number of aromatic nitrogens is 1. The van der Waals surface area contributed by atoms with Crippen molar-refractivity contribution in [3.63, 3.8) is 0 Å². The van der Waals surface area contributed by atoms with E-state index in [-0.39, 0.29) is 10.9 Å². The van der Waals surface area contributed by atoms with E-state index in [9.17, 15) is 17.6 Å². The number of benzene rings is 2. The minimum absolute atomic E-state index is 0.107. The fourth-order valence-corrected chi connectivity index (χ4v) is 4.71. The first-order chi connectivity index (χ1) is 15.8. The molecule has 0 saturated carbocycles. The van der Waals surface area contributed by atoms with Gasteiger partial charge in [-0.1, -0.05) is 24.3 Å². The summed E-state index contributed by atoms with van der Waals surface area (Å²) in [6, 6.07) is 9.43. The predicted octanol–water partition coefficient (Wildman–Crippen LogP) is 3.72. The zero-order chi connectivity index (χ0) is 24.0. The van der Waals surface area contributed by atoms with Gasteiger partial charge in [-0.3, -0.25) is 4.79 Å². The van der Waals surface area contributed by atoms with Gasteiger partial charge in [0.1, 0.15) is 10.7 Å². The Balaban J connectivity index is 0.000000189. The molecule has 0 amide bonds. The van der Waals surface area contributed by atoms with E-state index in [1.807, 2.05) is 18.0 Å². The molecule has 4 rings (SSSR count). The first-order valence-corrected chi connectivity index (χ1v) is 12.2. The van der Waals surface area contributed by atoms with E-state index in [1.165, 1.54) is 24.2 Å². The Morgan fingerprint density at radius 2 is 1.91 bits per heavy atom. The van der Waals surface area contributed by atoms with Gasteiger partial charge in [-0.25, -0.2) is 22.5 Å². The maximum Gasteiger partial charge on any atom is 0.243 e. The third-order valence-corrected chi connectivity index (χ3v) is 7.00. The monoisotopic (exact) mass is 473 g/mol. The van der Waals surface area contributed by atoms with Crippen molar-refractivity contribution in [1.29, 1.82) is 0 Å². The molecule has 3 aromatic rings. The molecule has 2 N–H and O–H groups in total. The molecule has 0 radical (unpaired) electrons. The Morgan fingerprint density at radius 3 is 2.55 bits per heavy atom. The van der Waals surface area contributed by atoms with Crippen LogP contribution in [0.1, 0.15) is 34.8 Å². The van der Waals surface area contributed by atoms with Gasteiger partial charge in [0.2, 0.25) is 10.0 Å². The number of rotatable bonds is 6. The highest BCUT2D eigenvalue weighted by atomic mass is 32.2. The van der Waals surface area contributed by atoms with Crippen LogP contribution in [-0.4, -0.2) is 46.5 Å². The zero-order valence-corrected chi connectivity index (χ0v) is 19.7. The summed E-state index contributed by atoms with van der Waals surface area (Å²) in [6.07, 6.45) is 6.14. The van der Waals surface area contributed by atoms with Crippen LogP contribution in [0.25, 0.3) is 10.8 Å². The minimum Gasteiger partial charge on any atom is -0.378 e. The third kappa shape index (κ3) is 5.55. The molecule has 1 atom stereocenters. The summed E-state index contributed by atoms with van der Waals surface area (Å²) < 4.78 is 45.1. The number of nitrogens with one attached hydrogen (secondary N) is 2. The summed E-state index contributed by atoms with van der Waals surface area (Å²) in [6.45, 7) is 2.86. The van der Waals surface area contributed by atoms with Gasteiger partial charge in [0.25, 0.3) is 0 Å². The van der Waals surface area contributed by atoms with Gasteiger partial charge in [-0.05, 0) is 55.5 Å². The third-order valence-electron chi connectivity index (χ3n) is 5.59. The number of sulfonamides is 1. The Kier molecular flexibility index (Phi) is 8.12. The number of pyridine rings is 1. The normalized spacial score (nSPS) is 15.3. The van der Waals surface area contributed by atoms with Gasteiger partial charge in [0.05, 0.1) is 6.10 Å². The quantitative estimate of drug-likeness (QED) is 0.530. The number of fused-ring (bicyclic) bond motifs is 2. The molecule has 9 heteroatoms. The average Bonchev–Trinajstić information content (AvgIpc) is 2.84. The molecule has 0 fully saturated rings. The van der Waals surface area contributed by atoms with Crippen molar-refractivity contribution in [2.75, 3.05) is 26.0 Å². The molecule has 176 valence electrons. The van der Waals surface area contributed by atoms with Crippen LogP contribution >= 0.6 is 0 Å². The summed E-state index contributed by atoms with van der Waals surface area (Å²) in [7, 11) is -0.848. The first-order valence-electron chi connectivity index (χ1n) is 10.7. The van der Waals surface area contributed by atoms with Crippen molar-refractivity contribution >= 4 is 32.9 Å². The van der Waals surface area contributed by atoms with E-state index in [2.05, 4.69) is 23.3 Å². The van der Waals surface area contributed by atoms with Crippen LogP contribution in [0, 0.1) is 5.82 Å². The maximum atomic E-state index is 14.1. The molecule has 1 aliphatic carbocycles. The lowest BCUT2D eigenvalue weighted by atomic mass is 9.91. The minimum atomic E-state index is -3.94. The number of aldehydes is 1. The van der Waals surface area contributed by atoms with E-state index in [0.29, 0.717) is 17.8 Å². The molecule has 0 aliphatic heterocycles. The van der Waals surface area contributed by atoms with Crippen molar-refractivity contribution in [2.45, 2.75) is 37.2 Å². The number of hydrogen-bond acceptors (Lipinski definition) is 6. The lowest BCUT2D eigenvalue weighted by molar-refractivity contribution is 0.0534. The summed E-state index contributed by atoms with van der Waals surface area (Å²) in [4.78, 5) is 14.8. The second-order valence-electron chi connectivity index (χ2n) is 7.56. The molecule has 2 aromatic carbocycles. The molecule has 33 heavy (non-hydrogen) atoms. The van der Waals surface area contributed by atoms with Gasteiger partial charge >= 0.3 is 0 Å². The SMILES string of the molecule is CCOC1CCc2cc(NC)ncc2C1.CNS(=O)(=O)c1cc(C=O)c2ccccc2c1F. The van der Waals surface area contributed by atoms with Crippen molar-refractivity contribution in [3.8, 4) is 0 Å². The van der Waals surface area contributed by atoms with Gasteiger partial charge in [0.15, 0.2) is 12.1 Å². The van der Waals surface area contributed by atoms with E-state index in [4.69, 9.17) is 4.74 Å². The fraction of sp³-hybridized carbons (Fsp3) is 0.333. The Labute approximate surface area is 193 Å². The second kappa shape index (κ2) is 10.8. The van der Waals surface area contributed by atoms with Crippen molar-refractivity contribution in [2.24, 2.45) is 0 Å². The van der Waals surface area contributed by atoms with Crippen LogP contribution in [0.15, 0.2) is 47.5 Å².